The van der Waals surface area contributed by atoms with E-state index in [2.05, 4.69) is 4.79 Å². The Kier molecular flexibility index (Phi) is 2.51. The zero-order valence-electron chi connectivity index (χ0n) is 4.42. The van der Waals surface area contributed by atoms with Gasteiger partial charge in [-0.15, -0.1) is 0 Å². The topological polar surface area (TPSA) is 76.5 Å². The van der Waals surface area contributed by atoms with Crippen molar-refractivity contribution >= 4 is 11.7 Å². The summed E-state index contributed by atoms with van der Waals surface area (Å²) in [6, 6.07) is 0. The highest BCUT2D eigenvalue weighted by atomic mass is 16.4. The second kappa shape index (κ2) is 2.93. The third kappa shape index (κ3) is 1.53. The van der Waals surface area contributed by atoms with E-state index in [9.17, 15) is 9.90 Å². The van der Waals surface area contributed by atoms with E-state index in [-0.39, 0.29) is 12.1 Å². The van der Waals surface area contributed by atoms with Gasteiger partial charge in [0.05, 0.1) is 0 Å². The van der Waals surface area contributed by atoms with Crippen LogP contribution in [0.15, 0.2) is 0 Å². The molecule has 0 aliphatic heterocycles. The van der Waals surface area contributed by atoms with E-state index in [1.54, 1.807) is 6.92 Å². The van der Waals surface area contributed by atoms with Gasteiger partial charge in [0.25, 0.3) is 0 Å². The molecule has 0 aromatic carbocycles. The Balaban J connectivity index is 4.14. The average molecular weight is 113 g/mol. The number of carbonyl (C=O) groups is 1. The highest BCUT2D eigenvalue weighted by Crippen LogP contribution is 1.74. The second-order valence-corrected chi connectivity index (χ2v) is 1.19. The molecule has 0 saturated carbocycles. The minimum absolute atomic E-state index is 0.179. The monoisotopic (exact) mass is 113 g/mol. The summed E-state index contributed by atoms with van der Waals surface area (Å²) in [4.78, 5) is 12.2. The summed E-state index contributed by atoms with van der Waals surface area (Å²) < 4.78 is 0. The van der Waals surface area contributed by atoms with Crippen molar-refractivity contribution in [3.05, 3.63) is 5.53 Å². The van der Waals surface area contributed by atoms with Gasteiger partial charge in [-0.1, -0.05) is 6.92 Å². The van der Waals surface area contributed by atoms with Crippen LogP contribution >= 0.6 is 0 Å². The van der Waals surface area contributed by atoms with Crippen LogP contribution in [0.2, 0.25) is 0 Å². The van der Waals surface area contributed by atoms with Gasteiger partial charge in [-0.2, -0.15) is 4.79 Å². The predicted octanol–water partition coefficient (Wildman–Crippen LogP) is -1.18. The summed E-state index contributed by atoms with van der Waals surface area (Å²) >= 11 is 0. The Bertz CT molecular complexity index is 146. The highest BCUT2D eigenvalue weighted by molar-refractivity contribution is 6.31. The summed E-state index contributed by atoms with van der Waals surface area (Å²) in [6.45, 7) is 1.56. The fraction of sp³-hybridized carbons (Fsp3) is 0.500. The van der Waals surface area contributed by atoms with Crippen molar-refractivity contribution in [3.8, 4) is 0 Å². The summed E-state index contributed by atoms with van der Waals surface area (Å²) in [6.07, 6.45) is 0.179. The summed E-state index contributed by atoms with van der Waals surface area (Å²) in [7, 11) is 0. The maximum absolute atomic E-state index is 9.76. The maximum atomic E-state index is 9.76. The van der Waals surface area contributed by atoms with Gasteiger partial charge in [-0.05, 0) is 0 Å². The molecule has 0 aliphatic carbocycles. The maximum Gasteiger partial charge on any atom is 0.314 e. The number of hydrogen-bond acceptors (Lipinski definition) is 2. The molecule has 8 heavy (non-hydrogen) atoms. The molecule has 0 radical (unpaired) electrons. The predicted molar refractivity (Wildman–Crippen MR) is 23.9 cm³/mol. The smallest absolute Gasteiger partial charge is 0.314 e. The van der Waals surface area contributed by atoms with Crippen LogP contribution in [0.25, 0.3) is 5.53 Å². The van der Waals surface area contributed by atoms with E-state index in [1.807, 2.05) is 0 Å². The lowest BCUT2D eigenvalue weighted by atomic mass is 10.3. The Morgan fingerprint density at radius 2 is 2.38 bits per heavy atom. The van der Waals surface area contributed by atoms with Crippen molar-refractivity contribution in [2.45, 2.75) is 13.3 Å². The standard InChI is InChI=1S/C4H6N2O2/c1-2-3(6-5)4(7)8/h2H2,1H3,(H,7,8)/p-1. The SMILES string of the molecule is CCC(=[N+]=[N-])C(=O)[O-]. The van der Waals surface area contributed by atoms with Gasteiger partial charge in [0.2, 0.25) is 0 Å². The van der Waals surface area contributed by atoms with Crippen LogP contribution in [0.3, 0.4) is 0 Å². The molecule has 0 rings (SSSR count). The zero-order valence-corrected chi connectivity index (χ0v) is 4.42. The van der Waals surface area contributed by atoms with E-state index < -0.39 is 5.97 Å². The lowest BCUT2D eigenvalue weighted by Gasteiger charge is -1.88. The molecule has 0 amide bonds. The number of nitrogens with zero attached hydrogens (tertiary/aromatic N) is 2. The van der Waals surface area contributed by atoms with Crippen LogP contribution in [-0.2, 0) is 4.79 Å². The molecule has 0 fully saturated rings. The van der Waals surface area contributed by atoms with E-state index in [0.29, 0.717) is 0 Å². The minimum Gasteiger partial charge on any atom is -0.539 e. The molecule has 4 nitrogen and oxygen atoms in total. The van der Waals surface area contributed by atoms with E-state index in [0.717, 1.165) is 0 Å². The van der Waals surface area contributed by atoms with Crippen molar-refractivity contribution in [1.29, 1.82) is 0 Å². The molecule has 0 heterocycles. The average Bonchev–Trinajstić information content (AvgIpc) is 1.69. The number of carboxylic acids is 1. The van der Waals surface area contributed by atoms with Crippen molar-refractivity contribution in [1.82, 2.24) is 0 Å². The van der Waals surface area contributed by atoms with E-state index in [1.165, 1.54) is 0 Å². The van der Waals surface area contributed by atoms with Gasteiger partial charge >= 0.3 is 5.71 Å². The number of carboxylic acid groups (broad SMARTS) is 1. The minimum atomic E-state index is -1.42. The van der Waals surface area contributed by atoms with Gasteiger partial charge in [-0.3, -0.25) is 0 Å². The molecule has 4 heteroatoms. The highest BCUT2D eigenvalue weighted by Gasteiger charge is 2.02. The molecule has 0 N–H and O–H groups in total. The third-order valence-electron chi connectivity index (χ3n) is 0.691. The molecule has 0 unspecified atom stereocenters. The van der Waals surface area contributed by atoms with Gasteiger partial charge in [-0.25, -0.2) is 0 Å². The van der Waals surface area contributed by atoms with Crippen molar-refractivity contribution in [2.75, 3.05) is 0 Å². The van der Waals surface area contributed by atoms with Gasteiger partial charge in [0, 0.05) is 6.42 Å². The van der Waals surface area contributed by atoms with Gasteiger partial charge < -0.3 is 15.4 Å². The van der Waals surface area contributed by atoms with Crippen molar-refractivity contribution in [2.24, 2.45) is 0 Å². The second-order valence-electron chi connectivity index (χ2n) is 1.19. The van der Waals surface area contributed by atoms with Gasteiger partial charge in [0.15, 0.2) is 5.97 Å². The number of hydrogen-bond donors (Lipinski definition) is 0. The Morgan fingerprint density at radius 3 is 2.38 bits per heavy atom. The van der Waals surface area contributed by atoms with Crippen LogP contribution in [0.4, 0.5) is 0 Å². The number of rotatable bonds is 2. The normalized spacial score (nSPS) is 7.62. The van der Waals surface area contributed by atoms with Crippen molar-refractivity contribution in [3.63, 3.8) is 0 Å². The lowest BCUT2D eigenvalue weighted by Crippen LogP contribution is -2.31. The number of carbonyl (C=O) groups excluding carboxylic acids is 1. The largest absolute Gasteiger partial charge is 0.539 e. The Labute approximate surface area is 46.4 Å². The Morgan fingerprint density at radius 1 is 1.88 bits per heavy atom. The number of aliphatic carboxylic acids is 1. The fourth-order valence-electron chi connectivity index (χ4n) is 0.256. The first-order chi connectivity index (χ1) is 3.72. The summed E-state index contributed by atoms with van der Waals surface area (Å²) in [5.41, 5.74) is 7.53. The first-order valence-corrected chi connectivity index (χ1v) is 2.14. The molecule has 44 valence electrons. The van der Waals surface area contributed by atoms with Crippen LogP contribution < -0.4 is 5.11 Å². The fourth-order valence-corrected chi connectivity index (χ4v) is 0.256. The quantitative estimate of drug-likeness (QED) is 0.256. The molecular formula is C4H5N2O2-. The Hall–Kier alpha value is -1.15. The zero-order chi connectivity index (χ0) is 6.57. The molecule has 0 aromatic rings. The molecule has 0 aromatic heterocycles. The lowest BCUT2D eigenvalue weighted by molar-refractivity contribution is -0.297. The molecule has 0 saturated heterocycles. The van der Waals surface area contributed by atoms with Crippen LogP contribution in [0, 0.1) is 0 Å². The first-order valence-electron chi connectivity index (χ1n) is 2.14. The molecule has 0 spiro atoms. The summed E-state index contributed by atoms with van der Waals surface area (Å²) in [5.74, 6) is -1.42. The van der Waals surface area contributed by atoms with Crippen LogP contribution in [0.1, 0.15) is 13.3 Å². The third-order valence-corrected chi connectivity index (χ3v) is 0.691. The van der Waals surface area contributed by atoms with Crippen molar-refractivity contribution < 1.29 is 14.7 Å². The molecule has 0 bridgehead atoms. The van der Waals surface area contributed by atoms with Crippen LogP contribution in [-0.4, -0.2) is 16.5 Å². The molecule has 0 aliphatic rings. The summed E-state index contributed by atoms with van der Waals surface area (Å²) in [5, 5.41) is 9.76. The van der Waals surface area contributed by atoms with E-state index in [4.69, 9.17) is 5.53 Å². The van der Waals surface area contributed by atoms with E-state index >= 15 is 0 Å². The molecular weight excluding hydrogens is 108 g/mol. The van der Waals surface area contributed by atoms with Gasteiger partial charge in [0.1, 0.15) is 0 Å². The molecule has 0 atom stereocenters. The first kappa shape index (κ1) is 6.85. The van der Waals surface area contributed by atoms with Crippen LogP contribution in [0.5, 0.6) is 0 Å².